The largest absolute Gasteiger partial charge is 0.382 e. The Hall–Kier alpha value is -2.27. The van der Waals surface area contributed by atoms with E-state index in [9.17, 15) is 0 Å². The molecule has 0 saturated heterocycles. The normalized spacial score (nSPS) is 11.6. The third-order valence-corrected chi connectivity index (χ3v) is 3.16. The summed E-state index contributed by atoms with van der Waals surface area (Å²) in [6, 6.07) is 20.7. The van der Waals surface area contributed by atoms with Crippen molar-refractivity contribution in [1.29, 1.82) is 5.26 Å². The van der Waals surface area contributed by atoms with Crippen LogP contribution in [0.5, 0.6) is 0 Å². The van der Waals surface area contributed by atoms with Crippen LogP contribution in [0.1, 0.15) is 24.5 Å². The Morgan fingerprint density at radius 3 is 2.47 bits per heavy atom. The van der Waals surface area contributed by atoms with Crippen LogP contribution in [0.3, 0.4) is 0 Å². The lowest BCUT2D eigenvalue weighted by molar-refractivity contribution is 0.706. The van der Waals surface area contributed by atoms with Gasteiger partial charge in [0.1, 0.15) is 6.07 Å². The summed E-state index contributed by atoms with van der Waals surface area (Å²) < 4.78 is 0. The van der Waals surface area contributed by atoms with Crippen LogP contribution in [0.2, 0.25) is 0 Å². The lowest BCUT2D eigenvalue weighted by Crippen LogP contribution is -2.16. The molecule has 0 fully saturated rings. The first-order valence-electron chi connectivity index (χ1n) is 6.59. The van der Waals surface area contributed by atoms with E-state index in [2.05, 4.69) is 42.6 Å². The molecule has 2 aromatic rings. The van der Waals surface area contributed by atoms with Crippen LogP contribution in [0.25, 0.3) is 0 Å². The van der Waals surface area contributed by atoms with Gasteiger partial charge in [0.25, 0.3) is 0 Å². The molecule has 0 aromatic heterocycles. The van der Waals surface area contributed by atoms with Gasteiger partial charge in [-0.1, -0.05) is 42.5 Å². The Kier molecular flexibility index (Phi) is 4.58. The molecular formula is C17H18N2. The van der Waals surface area contributed by atoms with E-state index in [4.69, 9.17) is 5.26 Å². The van der Waals surface area contributed by atoms with Crippen molar-refractivity contribution in [1.82, 2.24) is 0 Å². The quantitative estimate of drug-likeness (QED) is 0.870. The average molecular weight is 250 g/mol. The van der Waals surface area contributed by atoms with Gasteiger partial charge >= 0.3 is 0 Å². The van der Waals surface area contributed by atoms with Gasteiger partial charge in [-0.05, 0) is 37.5 Å². The maximum atomic E-state index is 9.05. The zero-order valence-corrected chi connectivity index (χ0v) is 11.1. The second kappa shape index (κ2) is 6.61. The molecule has 1 atom stereocenters. The molecule has 0 amide bonds. The summed E-state index contributed by atoms with van der Waals surface area (Å²) in [7, 11) is 0. The molecule has 0 saturated carbocycles. The second-order valence-electron chi connectivity index (χ2n) is 4.73. The highest BCUT2D eigenvalue weighted by Gasteiger charge is 2.05. The Labute approximate surface area is 114 Å². The maximum absolute atomic E-state index is 9.05. The van der Waals surface area contributed by atoms with E-state index in [1.54, 1.807) is 0 Å². The van der Waals surface area contributed by atoms with Crippen molar-refractivity contribution in [2.45, 2.75) is 25.8 Å². The molecule has 2 heteroatoms. The van der Waals surface area contributed by atoms with Crippen LogP contribution < -0.4 is 5.32 Å². The highest BCUT2D eigenvalue weighted by atomic mass is 14.9. The van der Waals surface area contributed by atoms with Crippen molar-refractivity contribution in [3.05, 3.63) is 65.7 Å². The monoisotopic (exact) mass is 250 g/mol. The minimum atomic E-state index is 0.342. The Morgan fingerprint density at radius 2 is 1.74 bits per heavy atom. The summed E-state index contributed by atoms with van der Waals surface area (Å²) >= 11 is 0. The van der Waals surface area contributed by atoms with Gasteiger partial charge in [0.05, 0.1) is 11.3 Å². The first kappa shape index (κ1) is 13.2. The summed E-state index contributed by atoms with van der Waals surface area (Å²) in [6.07, 6.45) is 2.09. The van der Waals surface area contributed by atoms with E-state index in [0.717, 1.165) is 18.5 Å². The average Bonchev–Trinajstić information content (AvgIpc) is 2.47. The van der Waals surface area contributed by atoms with Gasteiger partial charge in [-0.25, -0.2) is 0 Å². The minimum absolute atomic E-state index is 0.342. The Balaban J connectivity index is 1.91. The van der Waals surface area contributed by atoms with Gasteiger partial charge in [0, 0.05) is 6.04 Å². The predicted molar refractivity (Wildman–Crippen MR) is 79.0 cm³/mol. The van der Waals surface area contributed by atoms with Crippen molar-refractivity contribution < 1.29 is 0 Å². The van der Waals surface area contributed by atoms with Crippen LogP contribution in [0.4, 0.5) is 5.69 Å². The first-order valence-corrected chi connectivity index (χ1v) is 6.59. The number of nitrogens with one attached hydrogen (secondary N) is 1. The number of nitrogens with zero attached hydrogens (tertiary/aromatic N) is 1. The molecule has 1 unspecified atom stereocenters. The molecule has 0 aliphatic carbocycles. The molecule has 2 rings (SSSR count). The molecule has 1 N–H and O–H groups in total. The van der Waals surface area contributed by atoms with Crippen molar-refractivity contribution in [3.63, 3.8) is 0 Å². The molecule has 0 aliphatic rings. The van der Waals surface area contributed by atoms with Crippen molar-refractivity contribution >= 4 is 5.69 Å². The number of rotatable bonds is 5. The smallest absolute Gasteiger partial charge is 0.101 e. The molecule has 0 heterocycles. The topological polar surface area (TPSA) is 35.8 Å². The number of para-hydroxylation sites is 1. The lowest BCUT2D eigenvalue weighted by Gasteiger charge is -2.16. The summed E-state index contributed by atoms with van der Waals surface area (Å²) in [4.78, 5) is 0. The fraction of sp³-hybridized carbons (Fsp3) is 0.235. The molecular weight excluding hydrogens is 232 g/mol. The third kappa shape index (κ3) is 3.86. The van der Waals surface area contributed by atoms with Gasteiger partial charge in [0.15, 0.2) is 0 Å². The number of benzene rings is 2. The zero-order chi connectivity index (χ0) is 13.5. The van der Waals surface area contributed by atoms with E-state index >= 15 is 0 Å². The number of hydrogen-bond acceptors (Lipinski definition) is 2. The standard InChI is InChI=1S/C17H18N2/c1-14(11-12-15-7-3-2-4-8-15)19-17-10-6-5-9-16(17)13-18/h2-10,14,19H,11-12H2,1H3. The summed E-state index contributed by atoms with van der Waals surface area (Å²) in [5, 5.41) is 12.5. The van der Waals surface area contributed by atoms with Crippen molar-refractivity contribution in [2.24, 2.45) is 0 Å². The Bertz CT molecular complexity index is 555. The summed E-state index contributed by atoms with van der Waals surface area (Å²) in [5.74, 6) is 0. The highest BCUT2D eigenvalue weighted by Crippen LogP contribution is 2.16. The highest BCUT2D eigenvalue weighted by molar-refractivity contribution is 5.57. The van der Waals surface area contributed by atoms with E-state index in [1.807, 2.05) is 30.3 Å². The molecule has 2 aromatic carbocycles. The van der Waals surface area contributed by atoms with Crippen LogP contribution in [0, 0.1) is 11.3 Å². The summed E-state index contributed by atoms with van der Waals surface area (Å²) in [6.45, 7) is 2.15. The molecule has 19 heavy (non-hydrogen) atoms. The SMILES string of the molecule is CC(CCc1ccccc1)Nc1ccccc1C#N. The Morgan fingerprint density at radius 1 is 1.05 bits per heavy atom. The molecule has 0 aliphatic heterocycles. The predicted octanol–water partition coefficient (Wildman–Crippen LogP) is 3.99. The van der Waals surface area contributed by atoms with Crippen LogP contribution in [-0.4, -0.2) is 6.04 Å². The number of nitriles is 1. The lowest BCUT2D eigenvalue weighted by atomic mass is 10.1. The molecule has 96 valence electrons. The van der Waals surface area contributed by atoms with Crippen molar-refractivity contribution in [3.8, 4) is 6.07 Å². The molecule has 0 bridgehead atoms. The van der Waals surface area contributed by atoms with Crippen LogP contribution >= 0.6 is 0 Å². The van der Waals surface area contributed by atoms with Crippen molar-refractivity contribution in [2.75, 3.05) is 5.32 Å². The number of aryl methyl sites for hydroxylation is 1. The molecule has 2 nitrogen and oxygen atoms in total. The van der Waals surface area contributed by atoms with Gasteiger partial charge in [-0.15, -0.1) is 0 Å². The van der Waals surface area contributed by atoms with Crippen LogP contribution in [-0.2, 0) is 6.42 Å². The first-order chi connectivity index (χ1) is 9.29. The fourth-order valence-corrected chi connectivity index (χ4v) is 2.07. The van der Waals surface area contributed by atoms with E-state index in [-0.39, 0.29) is 0 Å². The molecule has 0 radical (unpaired) electrons. The van der Waals surface area contributed by atoms with Gasteiger partial charge in [-0.3, -0.25) is 0 Å². The minimum Gasteiger partial charge on any atom is -0.382 e. The van der Waals surface area contributed by atoms with Gasteiger partial charge in [0.2, 0.25) is 0 Å². The number of anilines is 1. The van der Waals surface area contributed by atoms with Gasteiger partial charge in [-0.2, -0.15) is 5.26 Å². The van der Waals surface area contributed by atoms with E-state index in [1.165, 1.54) is 5.56 Å². The van der Waals surface area contributed by atoms with E-state index in [0.29, 0.717) is 11.6 Å². The van der Waals surface area contributed by atoms with Gasteiger partial charge < -0.3 is 5.32 Å². The maximum Gasteiger partial charge on any atom is 0.101 e. The number of hydrogen-bond donors (Lipinski definition) is 1. The zero-order valence-electron chi connectivity index (χ0n) is 11.1. The summed E-state index contributed by atoms with van der Waals surface area (Å²) in [5.41, 5.74) is 2.98. The van der Waals surface area contributed by atoms with Crippen LogP contribution in [0.15, 0.2) is 54.6 Å². The molecule has 0 spiro atoms. The third-order valence-electron chi connectivity index (χ3n) is 3.16. The fourth-order valence-electron chi connectivity index (χ4n) is 2.07. The second-order valence-corrected chi connectivity index (χ2v) is 4.73. The van der Waals surface area contributed by atoms with E-state index < -0.39 is 0 Å².